The van der Waals surface area contributed by atoms with Crippen molar-refractivity contribution in [2.45, 2.75) is 31.7 Å². The van der Waals surface area contributed by atoms with Gasteiger partial charge in [0.15, 0.2) is 23.2 Å². The van der Waals surface area contributed by atoms with Crippen molar-refractivity contribution in [1.29, 1.82) is 0 Å². The number of carbonyl (C=O) groups excluding carboxylic acids is 3. The van der Waals surface area contributed by atoms with E-state index in [0.717, 1.165) is 12.1 Å². The van der Waals surface area contributed by atoms with Crippen molar-refractivity contribution < 1.29 is 27.9 Å². The zero-order valence-electron chi connectivity index (χ0n) is 21.9. The number of amides is 2. The van der Waals surface area contributed by atoms with E-state index < -0.39 is 41.7 Å². The van der Waals surface area contributed by atoms with Gasteiger partial charge in [-0.2, -0.15) is 0 Å². The second kappa shape index (κ2) is 14.6. The van der Waals surface area contributed by atoms with E-state index in [1.807, 2.05) is 0 Å². The maximum Gasteiger partial charge on any atom is 0.251 e. The molecule has 0 aliphatic heterocycles. The van der Waals surface area contributed by atoms with E-state index in [-0.39, 0.29) is 30.9 Å². The van der Waals surface area contributed by atoms with Crippen LogP contribution in [0.3, 0.4) is 0 Å². The first-order valence-corrected chi connectivity index (χ1v) is 12.8. The lowest BCUT2D eigenvalue weighted by Gasteiger charge is -2.18. The van der Waals surface area contributed by atoms with Crippen LogP contribution in [0, 0.1) is 11.6 Å². The van der Waals surface area contributed by atoms with Crippen LogP contribution in [-0.2, 0) is 11.2 Å². The summed E-state index contributed by atoms with van der Waals surface area (Å²) in [5, 5.41) is 5.32. The molecule has 0 fully saturated rings. The summed E-state index contributed by atoms with van der Waals surface area (Å²) >= 11 is 0. The van der Waals surface area contributed by atoms with Crippen LogP contribution in [0.1, 0.15) is 45.5 Å². The van der Waals surface area contributed by atoms with Gasteiger partial charge in [0, 0.05) is 29.0 Å². The Morgan fingerprint density at radius 1 is 0.850 bits per heavy atom. The van der Waals surface area contributed by atoms with Gasteiger partial charge >= 0.3 is 0 Å². The van der Waals surface area contributed by atoms with Gasteiger partial charge in [0.1, 0.15) is 6.61 Å². The Bertz CT molecular complexity index is 1310. The van der Waals surface area contributed by atoms with Crippen molar-refractivity contribution in [2.75, 3.05) is 31.2 Å². The van der Waals surface area contributed by atoms with Crippen LogP contribution in [0.15, 0.2) is 60.7 Å². The third kappa shape index (κ3) is 8.77. The van der Waals surface area contributed by atoms with Gasteiger partial charge in [-0.25, -0.2) is 8.78 Å². The minimum Gasteiger partial charge on any atom is -0.480 e. The van der Waals surface area contributed by atoms with E-state index in [9.17, 15) is 23.2 Å². The fraction of sp³-hybridized carbons (Fsp3) is 0.276. The lowest BCUT2D eigenvalue weighted by atomic mass is 10.0. The number of ether oxygens (including phenoxy) is 1. The number of nitrogens with one attached hydrogen (secondary N) is 2. The van der Waals surface area contributed by atoms with Gasteiger partial charge in [0.25, 0.3) is 11.8 Å². The van der Waals surface area contributed by atoms with Crippen molar-refractivity contribution in [3.63, 3.8) is 0 Å². The Morgan fingerprint density at radius 3 is 2.20 bits per heavy atom. The van der Waals surface area contributed by atoms with E-state index in [4.69, 9.17) is 21.9 Å². The number of ketones is 1. The van der Waals surface area contributed by atoms with Crippen LogP contribution in [-0.4, -0.2) is 43.3 Å². The molecule has 2 amide bonds. The van der Waals surface area contributed by atoms with E-state index in [1.165, 1.54) is 6.07 Å². The van der Waals surface area contributed by atoms with Crippen LogP contribution in [0.2, 0.25) is 0 Å². The van der Waals surface area contributed by atoms with Gasteiger partial charge in [-0.1, -0.05) is 6.07 Å². The fourth-order valence-electron chi connectivity index (χ4n) is 3.92. The van der Waals surface area contributed by atoms with Crippen LogP contribution >= 0.6 is 0 Å². The van der Waals surface area contributed by atoms with Crippen molar-refractivity contribution in [3.05, 3.63) is 89.0 Å². The molecule has 0 saturated carbocycles. The van der Waals surface area contributed by atoms with Gasteiger partial charge in [-0.3, -0.25) is 14.4 Å². The molecule has 8 N–H and O–H groups in total. The van der Waals surface area contributed by atoms with E-state index in [2.05, 4.69) is 10.6 Å². The summed E-state index contributed by atoms with van der Waals surface area (Å²) in [7, 11) is 0. The minimum atomic E-state index is -0.990. The smallest absolute Gasteiger partial charge is 0.251 e. The standard InChI is InChI=1S/C29H33F2N5O4/c30-23-14-18(11-13-35-28(38)19-7-9-21(33)10-8-19)15-24(31)27(23)40-17-26(37)25(6-1-2-12-32)36-29(39)20-4-3-5-22(34)16-20/h3-5,7-10,14-16,25H,1-2,6,11-13,17,32-34H2,(H,35,38)(H,36,39). The van der Waals surface area contributed by atoms with E-state index >= 15 is 0 Å². The monoisotopic (exact) mass is 553 g/mol. The summed E-state index contributed by atoms with van der Waals surface area (Å²) < 4.78 is 34.6. The first-order valence-electron chi connectivity index (χ1n) is 12.8. The number of nitrogens with two attached hydrogens (primary N) is 3. The maximum absolute atomic E-state index is 14.7. The highest BCUT2D eigenvalue weighted by Gasteiger charge is 2.23. The number of Topliss-reactive ketones (excluding diaryl/α,β-unsaturated/α-hetero) is 1. The molecule has 0 saturated heterocycles. The highest BCUT2D eigenvalue weighted by molar-refractivity contribution is 5.98. The third-order valence-electron chi connectivity index (χ3n) is 6.08. The Balaban J connectivity index is 1.58. The van der Waals surface area contributed by atoms with Crippen molar-refractivity contribution in [3.8, 4) is 5.75 Å². The van der Waals surface area contributed by atoms with Crippen molar-refractivity contribution in [2.24, 2.45) is 5.73 Å². The molecule has 0 heterocycles. The second-order valence-electron chi connectivity index (χ2n) is 9.21. The highest BCUT2D eigenvalue weighted by atomic mass is 19.1. The number of benzene rings is 3. The number of rotatable bonds is 14. The SMILES string of the molecule is NCCCCC(NC(=O)c1cccc(N)c1)C(=O)COc1c(F)cc(CCNC(=O)c2ccc(N)cc2)cc1F. The lowest BCUT2D eigenvalue weighted by Crippen LogP contribution is -2.43. The summed E-state index contributed by atoms with van der Waals surface area (Å²) in [6, 6.07) is 13.8. The van der Waals surface area contributed by atoms with Gasteiger partial charge in [-0.15, -0.1) is 0 Å². The molecule has 40 heavy (non-hydrogen) atoms. The van der Waals surface area contributed by atoms with Crippen LogP contribution in [0.5, 0.6) is 5.75 Å². The molecule has 212 valence electrons. The van der Waals surface area contributed by atoms with Crippen LogP contribution < -0.4 is 32.6 Å². The summed E-state index contributed by atoms with van der Waals surface area (Å²) in [6.07, 6.45) is 1.62. The molecule has 0 radical (unpaired) electrons. The number of hydrogen-bond acceptors (Lipinski definition) is 7. The Labute approximate surface area is 231 Å². The zero-order chi connectivity index (χ0) is 29.1. The van der Waals surface area contributed by atoms with Crippen molar-refractivity contribution in [1.82, 2.24) is 10.6 Å². The van der Waals surface area contributed by atoms with Gasteiger partial charge in [0.05, 0.1) is 6.04 Å². The van der Waals surface area contributed by atoms with Crippen LogP contribution in [0.25, 0.3) is 0 Å². The highest BCUT2D eigenvalue weighted by Crippen LogP contribution is 2.24. The molecule has 11 heteroatoms. The van der Waals surface area contributed by atoms with E-state index in [1.54, 1.807) is 42.5 Å². The normalized spacial score (nSPS) is 11.5. The molecule has 0 bridgehead atoms. The molecular weight excluding hydrogens is 520 g/mol. The maximum atomic E-state index is 14.7. The Hall–Kier alpha value is -4.51. The lowest BCUT2D eigenvalue weighted by molar-refractivity contribution is -0.123. The Morgan fingerprint density at radius 2 is 1.55 bits per heavy atom. The van der Waals surface area contributed by atoms with Gasteiger partial charge in [0.2, 0.25) is 0 Å². The summed E-state index contributed by atoms with van der Waals surface area (Å²) in [5.41, 5.74) is 18.8. The minimum absolute atomic E-state index is 0.137. The molecule has 3 aromatic rings. The fourth-order valence-corrected chi connectivity index (χ4v) is 3.92. The molecule has 9 nitrogen and oxygen atoms in total. The molecule has 0 aliphatic rings. The Kier molecular flexibility index (Phi) is 11.0. The summed E-state index contributed by atoms with van der Waals surface area (Å²) in [6.45, 7) is -0.109. The molecule has 3 aromatic carbocycles. The molecule has 0 aromatic heterocycles. The number of anilines is 2. The largest absolute Gasteiger partial charge is 0.480 e. The van der Waals surface area contributed by atoms with Crippen LogP contribution in [0.4, 0.5) is 20.2 Å². The average molecular weight is 554 g/mol. The van der Waals surface area contributed by atoms with Gasteiger partial charge in [-0.05, 0) is 92.4 Å². The molecule has 0 aliphatic carbocycles. The molecular formula is C29H33F2N5O4. The first-order chi connectivity index (χ1) is 19.2. The number of halogens is 2. The number of hydrogen-bond donors (Lipinski definition) is 5. The molecule has 1 atom stereocenters. The number of unbranched alkanes of at least 4 members (excludes halogenated alkanes) is 1. The zero-order valence-corrected chi connectivity index (χ0v) is 21.9. The average Bonchev–Trinajstić information content (AvgIpc) is 2.92. The van der Waals surface area contributed by atoms with E-state index in [0.29, 0.717) is 41.9 Å². The molecule has 1 unspecified atom stereocenters. The summed E-state index contributed by atoms with van der Waals surface area (Å²) in [5.74, 6) is -4.09. The predicted octanol–water partition coefficient (Wildman–Crippen LogP) is 2.98. The third-order valence-corrected chi connectivity index (χ3v) is 6.08. The molecule has 0 spiro atoms. The summed E-state index contributed by atoms with van der Waals surface area (Å²) in [4.78, 5) is 37.7. The molecule has 3 rings (SSSR count). The predicted molar refractivity (Wildman–Crippen MR) is 149 cm³/mol. The van der Waals surface area contributed by atoms with Crippen molar-refractivity contribution >= 4 is 29.0 Å². The number of nitrogen functional groups attached to an aromatic ring is 2. The first kappa shape index (κ1) is 30.0. The number of carbonyl (C=O) groups is 3. The second-order valence-corrected chi connectivity index (χ2v) is 9.21. The topological polar surface area (TPSA) is 163 Å². The van der Waals surface area contributed by atoms with Gasteiger partial charge < -0.3 is 32.6 Å². The quantitative estimate of drug-likeness (QED) is 0.151.